The Morgan fingerprint density at radius 3 is 2.09 bits per heavy atom. The summed E-state index contributed by atoms with van der Waals surface area (Å²) in [6.07, 6.45) is 1.33. The van der Waals surface area contributed by atoms with E-state index in [0.717, 1.165) is 22.5 Å². The molecule has 0 bridgehead atoms. The van der Waals surface area contributed by atoms with Gasteiger partial charge in [0.15, 0.2) is 11.5 Å². The van der Waals surface area contributed by atoms with Crippen molar-refractivity contribution >= 4 is 57.1 Å². The van der Waals surface area contributed by atoms with Crippen molar-refractivity contribution in [2.75, 3.05) is 13.2 Å². The molecule has 1 N–H and O–H groups in total. The average Bonchev–Trinajstić information content (AvgIpc) is 2.95. The molecular formula is C14H15NaO5S2. The number of thiophene rings is 1. The van der Waals surface area contributed by atoms with Crippen LogP contribution in [-0.4, -0.2) is 55.7 Å². The van der Waals surface area contributed by atoms with Crippen molar-refractivity contribution in [3.05, 3.63) is 52.1 Å². The standard InChI is InChI=1S/C8H8O3S.C6H6O2S.Na.H/c9-12(10,11)7-6-8-4-2-1-3-5-8;1-2-8-6-4-9-3-5(6)7-1;;/h1-7H,(H,9,10,11);3-4H,1-2H2;;. The number of rotatable bonds is 2. The Balaban J connectivity index is 0.000000217. The number of fused-ring (bicyclic) bond motifs is 1. The van der Waals surface area contributed by atoms with Crippen molar-refractivity contribution in [1.82, 2.24) is 0 Å². The van der Waals surface area contributed by atoms with Gasteiger partial charge in [0, 0.05) is 10.8 Å². The largest absolute Gasteiger partial charge is 0.485 e. The Labute approximate surface area is 155 Å². The van der Waals surface area contributed by atoms with E-state index < -0.39 is 10.1 Å². The molecule has 8 heteroatoms. The van der Waals surface area contributed by atoms with E-state index >= 15 is 0 Å². The minimum absolute atomic E-state index is 0. The van der Waals surface area contributed by atoms with E-state index in [1.807, 2.05) is 16.8 Å². The quantitative estimate of drug-likeness (QED) is 0.665. The fourth-order valence-corrected chi connectivity index (χ4v) is 2.53. The fourth-order valence-electron chi connectivity index (χ4n) is 1.52. The van der Waals surface area contributed by atoms with Crippen molar-refractivity contribution in [2.24, 2.45) is 0 Å². The smallest absolute Gasteiger partial charge is 0.172 e. The first-order chi connectivity index (χ1) is 10.0. The van der Waals surface area contributed by atoms with Gasteiger partial charge in [0.05, 0.1) is 5.41 Å². The summed E-state index contributed by atoms with van der Waals surface area (Å²) < 4.78 is 39.4. The van der Waals surface area contributed by atoms with Crippen LogP contribution in [0, 0.1) is 0 Å². The van der Waals surface area contributed by atoms with E-state index in [9.17, 15) is 8.42 Å². The Kier molecular flexibility index (Phi) is 8.16. The maximum atomic E-state index is 10.3. The van der Waals surface area contributed by atoms with Gasteiger partial charge < -0.3 is 9.47 Å². The maximum absolute atomic E-state index is 10.3. The minimum Gasteiger partial charge on any atom is -0.485 e. The maximum Gasteiger partial charge on any atom is 0.172 e. The molecule has 0 amide bonds. The van der Waals surface area contributed by atoms with Crippen molar-refractivity contribution in [2.45, 2.75) is 0 Å². The third-order valence-corrected chi connectivity index (χ3v) is 3.60. The van der Waals surface area contributed by atoms with E-state index in [1.54, 1.807) is 35.6 Å². The zero-order chi connectivity index (χ0) is 15.1. The van der Waals surface area contributed by atoms with Crippen LogP contribution in [0.3, 0.4) is 0 Å². The molecular weight excluding hydrogens is 335 g/mol. The monoisotopic (exact) mass is 350 g/mol. The van der Waals surface area contributed by atoms with Gasteiger partial charge in [-0.2, -0.15) is 8.42 Å². The number of ether oxygens (including phenoxy) is 2. The Morgan fingerprint density at radius 1 is 1.05 bits per heavy atom. The van der Waals surface area contributed by atoms with E-state index in [-0.39, 0.29) is 29.6 Å². The number of hydrogen-bond acceptors (Lipinski definition) is 5. The summed E-state index contributed by atoms with van der Waals surface area (Å²) in [5.74, 6) is 1.79. The minimum atomic E-state index is -4.00. The van der Waals surface area contributed by atoms with Crippen LogP contribution in [0.2, 0.25) is 0 Å². The predicted octanol–water partition coefficient (Wildman–Crippen LogP) is 2.42. The van der Waals surface area contributed by atoms with Crippen LogP contribution >= 0.6 is 11.3 Å². The second kappa shape index (κ2) is 9.34. The molecule has 3 rings (SSSR count). The molecule has 1 aromatic carbocycles. The molecule has 22 heavy (non-hydrogen) atoms. The first-order valence-electron chi connectivity index (χ1n) is 6.07. The van der Waals surface area contributed by atoms with Gasteiger partial charge in [0.1, 0.15) is 13.2 Å². The zero-order valence-corrected chi connectivity index (χ0v) is 12.6. The van der Waals surface area contributed by atoms with Gasteiger partial charge in [-0.05, 0) is 11.6 Å². The van der Waals surface area contributed by atoms with Gasteiger partial charge in [-0.15, -0.1) is 11.3 Å². The molecule has 2 heterocycles. The Bertz CT molecular complexity index is 675. The topological polar surface area (TPSA) is 72.8 Å². The molecule has 0 fully saturated rings. The van der Waals surface area contributed by atoms with Crippen LogP contribution in [-0.2, 0) is 10.1 Å². The van der Waals surface area contributed by atoms with Crippen molar-refractivity contribution < 1.29 is 22.4 Å². The zero-order valence-electron chi connectivity index (χ0n) is 11.0. The van der Waals surface area contributed by atoms with Crippen LogP contribution in [0.25, 0.3) is 6.08 Å². The molecule has 0 radical (unpaired) electrons. The second-order valence-electron chi connectivity index (χ2n) is 4.03. The molecule has 0 atom stereocenters. The summed E-state index contributed by atoms with van der Waals surface area (Å²) in [6, 6.07) is 8.86. The van der Waals surface area contributed by atoms with E-state index in [2.05, 4.69) is 0 Å². The first kappa shape index (κ1) is 19.2. The SMILES string of the molecule is O=S(=O)(O)C=Cc1ccccc1.[NaH].c1scc2c1OCCO2. The Morgan fingerprint density at radius 2 is 1.59 bits per heavy atom. The molecule has 0 unspecified atom stereocenters. The predicted molar refractivity (Wildman–Crippen MR) is 89.5 cm³/mol. The van der Waals surface area contributed by atoms with Gasteiger partial charge in [-0.25, -0.2) is 0 Å². The van der Waals surface area contributed by atoms with Crippen LogP contribution in [0.1, 0.15) is 5.56 Å². The molecule has 0 aliphatic carbocycles. The molecule has 1 aromatic heterocycles. The van der Waals surface area contributed by atoms with Gasteiger partial charge in [0.2, 0.25) is 0 Å². The summed E-state index contributed by atoms with van der Waals surface area (Å²) in [7, 11) is -4.00. The first-order valence-corrected chi connectivity index (χ1v) is 8.51. The molecule has 2 aromatic rings. The third-order valence-electron chi connectivity index (χ3n) is 2.42. The van der Waals surface area contributed by atoms with E-state index in [0.29, 0.717) is 13.2 Å². The van der Waals surface area contributed by atoms with Gasteiger partial charge in [0.25, 0.3) is 10.1 Å². The van der Waals surface area contributed by atoms with Gasteiger partial charge in [-0.1, -0.05) is 30.3 Å². The second-order valence-corrected chi connectivity index (χ2v) is 6.07. The van der Waals surface area contributed by atoms with Crippen molar-refractivity contribution in [1.29, 1.82) is 0 Å². The van der Waals surface area contributed by atoms with Gasteiger partial charge >= 0.3 is 29.6 Å². The molecule has 0 spiro atoms. The van der Waals surface area contributed by atoms with Gasteiger partial charge in [-0.3, -0.25) is 4.55 Å². The average molecular weight is 350 g/mol. The van der Waals surface area contributed by atoms with Crippen LogP contribution in [0.15, 0.2) is 46.5 Å². The van der Waals surface area contributed by atoms with E-state index in [4.69, 9.17) is 14.0 Å². The van der Waals surface area contributed by atoms with Crippen LogP contribution < -0.4 is 9.47 Å². The molecule has 1 aliphatic rings. The van der Waals surface area contributed by atoms with Crippen LogP contribution in [0.4, 0.5) is 0 Å². The Hall–Kier alpha value is -0.830. The van der Waals surface area contributed by atoms with E-state index in [1.165, 1.54) is 6.08 Å². The molecule has 0 saturated heterocycles. The molecule has 5 nitrogen and oxygen atoms in total. The fraction of sp³-hybridized carbons (Fsp3) is 0.143. The summed E-state index contributed by atoms with van der Waals surface area (Å²) in [5, 5.41) is 4.66. The summed E-state index contributed by atoms with van der Waals surface area (Å²) in [4.78, 5) is 0. The number of benzene rings is 1. The molecule has 1 aliphatic heterocycles. The van der Waals surface area contributed by atoms with Crippen molar-refractivity contribution in [3.8, 4) is 11.5 Å². The van der Waals surface area contributed by atoms with Crippen LogP contribution in [0.5, 0.6) is 11.5 Å². The number of hydrogen-bond donors (Lipinski definition) is 1. The normalized spacial score (nSPS) is 13.0. The van der Waals surface area contributed by atoms with Crippen molar-refractivity contribution in [3.63, 3.8) is 0 Å². The third kappa shape index (κ3) is 6.95. The summed E-state index contributed by atoms with van der Waals surface area (Å²) in [6.45, 7) is 1.37. The molecule has 114 valence electrons. The molecule has 0 saturated carbocycles. The summed E-state index contributed by atoms with van der Waals surface area (Å²) >= 11 is 1.61. The summed E-state index contributed by atoms with van der Waals surface area (Å²) in [5.41, 5.74) is 0.732.